The lowest BCUT2D eigenvalue weighted by Gasteiger charge is -2.11. The molecular formula is C8H19N. The number of hydrogen-bond donors (Lipinski definition) is 1. The first-order chi connectivity index (χ1) is 4.16. The summed E-state index contributed by atoms with van der Waals surface area (Å²) in [6.45, 7) is 6.57. The minimum Gasteiger partial charge on any atom is -0.328 e. The van der Waals surface area contributed by atoms with Crippen LogP contribution in [0.1, 0.15) is 40.0 Å². The molecule has 0 aromatic heterocycles. The van der Waals surface area contributed by atoms with Crippen LogP contribution in [0.15, 0.2) is 0 Å². The maximum Gasteiger partial charge on any atom is 0.00130 e. The van der Waals surface area contributed by atoms with Gasteiger partial charge in [-0.1, -0.05) is 26.7 Å². The minimum atomic E-state index is 0.381. The Kier molecular flexibility index (Phi) is 4.78. The largest absolute Gasteiger partial charge is 0.328 e. The Bertz CT molecular complexity index is 59.6. The average molecular weight is 129 g/mol. The first-order valence-electron chi connectivity index (χ1n) is 3.92. The van der Waals surface area contributed by atoms with E-state index in [2.05, 4.69) is 20.8 Å². The van der Waals surface area contributed by atoms with E-state index in [1.54, 1.807) is 0 Å². The maximum absolute atomic E-state index is 5.62. The molecule has 2 atom stereocenters. The molecule has 9 heavy (non-hydrogen) atoms. The molecule has 0 aromatic rings. The maximum atomic E-state index is 5.62. The van der Waals surface area contributed by atoms with E-state index in [4.69, 9.17) is 5.73 Å². The molecule has 0 saturated carbocycles. The lowest BCUT2D eigenvalue weighted by atomic mass is 9.99. The molecular weight excluding hydrogens is 110 g/mol. The number of nitrogens with two attached hydrogens (primary N) is 1. The van der Waals surface area contributed by atoms with Gasteiger partial charge in [-0.25, -0.2) is 0 Å². The summed E-state index contributed by atoms with van der Waals surface area (Å²) >= 11 is 0. The highest BCUT2D eigenvalue weighted by Crippen LogP contribution is 2.10. The Morgan fingerprint density at radius 1 is 1.33 bits per heavy atom. The summed E-state index contributed by atoms with van der Waals surface area (Å²) in [6.07, 6.45) is 3.78. The molecule has 0 radical (unpaired) electrons. The Morgan fingerprint density at radius 3 is 2.22 bits per heavy atom. The molecule has 0 saturated heterocycles. The first kappa shape index (κ1) is 8.96. The lowest BCUT2D eigenvalue weighted by molar-refractivity contribution is 0.447. The fourth-order valence-electron chi connectivity index (χ4n) is 1.25. The fourth-order valence-corrected chi connectivity index (χ4v) is 1.25. The number of rotatable bonds is 4. The van der Waals surface area contributed by atoms with Crippen molar-refractivity contribution in [2.24, 2.45) is 11.7 Å². The van der Waals surface area contributed by atoms with Crippen LogP contribution in [0.3, 0.4) is 0 Å². The van der Waals surface area contributed by atoms with Gasteiger partial charge in [0.15, 0.2) is 0 Å². The van der Waals surface area contributed by atoms with Crippen LogP contribution in [-0.2, 0) is 0 Å². The van der Waals surface area contributed by atoms with E-state index < -0.39 is 0 Å². The molecule has 0 aliphatic carbocycles. The minimum absolute atomic E-state index is 0.381. The molecule has 0 spiro atoms. The van der Waals surface area contributed by atoms with Gasteiger partial charge in [0, 0.05) is 6.04 Å². The van der Waals surface area contributed by atoms with Crippen LogP contribution in [0.2, 0.25) is 0 Å². The van der Waals surface area contributed by atoms with Crippen molar-refractivity contribution < 1.29 is 0 Å². The van der Waals surface area contributed by atoms with Crippen LogP contribution in [-0.4, -0.2) is 6.04 Å². The summed E-state index contributed by atoms with van der Waals surface area (Å²) in [5.41, 5.74) is 5.62. The summed E-state index contributed by atoms with van der Waals surface area (Å²) in [7, 11) is 0. The Balaban J connectivity index is 3.15. The Labute approximate surface area is 58.6 Å². The van der Waals surface area contributed by atoms with E-state index in [-0.39, 0.29) is 0 Å². The van der Waals surface area contributed by atoms with Gasteiger partial charge in [0.25, 0.3) is 0 Å². The van der Waals surface area contributed by atoms with E-state index in [0.29, 0.717) is 6.04 Å². The van der Waals surface area contributed by atoms with Crippen molar-refractivity contribution in [1.82, 2.24) is 0 Å². The predicted molar refractivity (Wildman–Crippen MR) is 42.3 cm³/mol. The highest BCUT2D eigenvalue weighted by atomic mass is 14.6. The van der Waals surface area contributed by atoms with Crippen LogP contribution in [0.4, 0.5) is 0 Å². The highest BCUT2D eigenvalue weighted by molar-refractivity contribution is 4.59. The third-order valence-electron chi connectivity index (χ3n) is 1.56. The fraction of sp³-hybridized carbons (Fsp3) is 1.00. The monoisotopic (exact) mass is 129 g/mol. The second-order valence-corrected chi connectivity index (χ2v) is 3.11. The molecule has 1 unspecified atom stereocenters. The SMILES string of the molecule is CCCC(C)C[C@@H](C)N. The van der Waals surface area contributed by atoms with Gasteiger partial charge >= 0.3 is 0 Å². The van der Waals surface area contributed by atoms with E-state index >= 15 is 0 Å². The average Bonchev–Trinajstić information content (AvgIpc) is 1.63. The summed E-state index contributed by atoms with van der Waals surface area (Å²) in [4.78, 5) is 0. The van der Waals surface area contributed by atoms with Crippen LogP contribution < -0.4 is 5.73 Å². The normalized spacial score (nSPS) is 17.3. The van der Waals surface area contributed by atoms with Gasteiger partial charge in [-0.3, -0.25) is 0 Å². The van der Waals surface area contributed by atoms with Crippen molar-refractivity contribution in [3.05, 3.63) is 0 Å². The van der Waals surface area contributed by atoms with Gasteiger partial charge in [-0.05, 0) is 19.3 Å². The lowest BCUT2D eigenvalue weighted by Crippen LogP contribution is -2.18. The highest BCUT2D eigenvalue weighted by Gasteiger charge is 2.02. The summed E-state index contributed by atoms with van der Waals surface area (Å²) in [5, 5.41) is 0. The van der Waals surface area contributed by atoms with Crippen molar-refractivity contribution in [2.75, 3.05) is 0 Å². The van der Waals surface area contributed by atoms with Gasteiger partial charge in [0.1, 0.15) is 0 Å². The van der Waals surface area contributed by atoms with Crippen LogP contribution in [0.5, 0.6) is 0 Å². The van der Waals surface area contributed by atoms with Gasteiger partial charge in [-0.2, -0.15) is 0 Å². The molecule has 0 bridgehead atoms. The van der Waals surface area contributed by atoms with Crippen molar-refractivity contribution in [3.63, 3.8) is 0 Å². The first-order valence-corrected chi connectivity index (χ1v) is 3.92. The zero-order chi connectivity index (χ0) is 7.28. The van der Waals surface area contributed by atoms with Crippen LogP contribution >= 0.6 is 0 Å². The molecule has 0 aliphatic heterocycles. The van der Waals surface area contributed by atoms with Crippen molar-refractivity contribution in [2.45, 2.75) is 46.1 Å². The molecule has 0 aliphatic rings. The standard InChI is InChI=1S/C8H19N/c1-4-5-7(2)6-8(3)9/h7-8H,4-6,9H2,1-3H3/t7?,8-/m1/s1. The Hall–Kier alpha value is -0.0400. The van der Waals surface area contributed by atoms with E-state index in [0.717, 1.165) is 5.92 Å². The van der Waals surface area contributed by atoms with Gasteiger partial charge < -0.3 is 5.73 Å². The molecule has 0 rings (SSSR count). The smallest absolute Gasteiger partial charge is 0.00130 e. The van der Waals surface area contributed by atoms with Crippen molar-refractivity contribution in [3.8, 4) is 0 Å². The summed E-state index contributed by atoms with van der Waals surface area (Å²) in [5.74, 6) is 0.815. The van der Waals surface area contributed by atoms with Gasteiger partial charge in [0.2, 0.25) is 0 Å². The van der Waals surface area contributed by atoms with Gasteiger partial charge in [0.05, 0.1) is 0 Å². The molecule has 1 heteroatoms. The molecule has 0 aromatic carbocycles. The third-order valence-corrected chi connectivity index (χ3v) is 1.56. The second kappa shape index (κ2) is 4.80. The predicted octanol–water partition coefficient (Wildman–Crippen LogP) is 2.16. The van der Waals surface area contributed by atoms with E-state index in [1.165, 1.54) is 19.3 Å². The van der Waals surface area contributed by atoms with Crippen molar-refractivity contribution in [1.29, 1.82) is 0 Å². The molecule has 0 heterocycles. The van der Waals surface area contributed by atoms with Crippen LogP contribution in [0.25, 0.3) is 0 Å². The van der Waals surface area contributed by atoms with E-state index in [1.807, 2.05) is 0 Å². The summed E-state index contributed by atoms with van der Waals surface area (Å²) < 4.78 is 0. The molecule has 0 amide bonds. The number of hydrogen-bond acceptors (Lipinski definition) is 1. The topological polar surface area (TPSA) is 26.0 Å². The van der Waals surface area contributed by atoms with E-state index in [9.17, 15) is 0 Å². The van der Waals surface area contributed by atoms with Crippen molar-refractivity contribution >= 4 is 0 Å². The molecule has 1 nitrogen and oxygen atoms in total. The quantitative estimate of drug-likeness (QED) is 0.618. The zero-order valence-corrected chi connectivity index (χ0v) is 6.85. The Morgan fingerprint density at radius 2 is 1.89 bits per heavy atom. The summed E-state index contributed by atoms with van der Waals surface area (Å²) in [6, 6.07) is 0.381. The molecule has 0 fully saturated rings. The molecule has 56 valence electrons. The van der Waals surface area contributed by atoms with Crippen LogP contribution in [0, 0.1) is 5.92 Å². The second-order valence-electron chi connectivity index (χ2n) is 3.11. The zero-order valence-electron chi connectivity index (χ0n) is 6.85. The third kappa shape index (κ3) is 5.84. The van der Waals surface area contributed by atoms with Gasteiger partial charge in [-0.15, -0.1) is 0 Å². The molecule has 2 N–H and O–H groups in total.